The number of aliphatic hydroxyl groups is 1. The zero-order valence-electron chi connectivity index (χ0n) is 22.4. The van der Waals surface area contributed by atoms with Crippen LogP contribution in [0.15, 0.2) is 43.1 Å². The fourth-order valence-electron chi connectivity index (χ4n) is 3.77. The molecule has 0 aliphatic carbocycles. The Morgan fingerprint density at radius 3 is 2.67 bits per heavy atom. The molecular formula is C25H30Br2N6O9. The van der Waals surface area contributed by atoms with Gasteiger partial charge < -0.3 is 46.1 Å². The number of rotatable bonds is 13. The molecule has 0 saturated heterocycles. The lowest BCUT2D eigenvalue weighted by Gasteiger charge is -2.21. The predicted molar refractivity (Wildman–Crippen MR) is 157 cm³/mol. The molecule has 1 aliphatic heterocycles. The van der Waals surface area contributed by atoms with Crippen LogP contribution < -0.4 is 26.8 Å². The molecule has 0 spiro atoms. The lowest BCUT2D eigenvalue weighted by atomic mass is 10.0. The van der Waals surface area contributed by atoms with Gasteiger partial charge in [-0.05, 0) is 34.1 Å². The minimum absolute atomic E-state index is 0.00679. The summed E-state index contributed by atoms with van der Waals surface area (Å²) < 4.78 is 12.4. The molecule has 17 heteroatoms. The zero-order chi connectivity index (χ0) is 30.8. The first kappa shape index (κ1) is 33.0. The van der Waals surface area contributed by atoms with E-state index in [0.717, 1.165) is 4.57 Å². The fraction of sp³-hybridized carbons (Fsp3) is 0.400. The normalized spacial score (nSPS) is 15.2. The van der Waals surface area contributed by atoms with E-state index in [4.69, 9.17) is 9.47 Å². The zero-order valence-corrected chi connectivity index (χ0v) is 25.5. The third kappa shape index (κ3) is 9.52. The molecule has 7 N–H and O–H groups in total. The van der Waals surface area contributed by atoms with Gasteiger partial charge in [0.2, 0.25) is 5.91 Å². The Morgan fingerprint density at radius 2 is 2.00 bits per heavy atom. The van der Waals surface area contributed by atoms with Crippen molar-refractivity contribution in [1.82, 2.24) is 20.5 Å². The second kappa shape index (κ2) is 15.6. The van der Waals surface area contributed by atoms with E-state index < -0.39 is 48.5 Å². The van der Waals surface area contributed by atoms with E-state index in [1.54, 1.807) is 6.07 Å². The number of amides is 2. The first-order chi connectivity index (χ1) is 20.0. The second-order valence-electron chi connectivity index (χ2n) is 9.02. The Kier molecular flexibility index (Phi) is 12.3. The van der Waals surface area contributed by atoms with Gasteiger partial charge in [-0.2, -0.15) is 0 Å². The van der Waals surface area contributed by atoms with Crippen LogP contribution >= 0.6 is 31.9 Å². The summed E-state index contributed by atoms with van der Waals surface area (Å²) in [6.07, 6.45) is 0.0555. The molecule has 1 aromatic heterocycles. The number of phenolic OH excluding ortho intramolecular Hbond substituents is 1. The number of aliphatic carboxylic acids is 1. The average Bonchev–Trinajstić information content (AvgIpc) is 2.94. The van der Waals surface area contributed by atoms with Crippen LogP contribution in [0.25, 0.3) is 0 Å². The highest BCUT2D eigenvalue weighted by Crippen LogP contribution is 2.36. The lowest BCUT2D eigenvalue weighted by molar-refractivity contribution is -0.137. The van der Waals surface area contributed by atoms with Crippen LogP contribution in [0.4, 0.5) is 5.69 Å². The fourth-order valence-corrected chi connectivity index (χ4v) is 5.02. The van der Waals surface area contributed by atoms with Gasteiger partial charge in [0.15, 0.2) is 5.96 Å². The van der Waals surface area contributed by atoms with E-state index in [9.17, 15) is 34.5 Å². The minimum Gasteiger partial charge on any atom is -0.506 e. The van der Waals surface area contributed by atoms with Crippen molar-refractivity contribution in [2.45, 2.75) is 25.3 Å². The van der Waals surface area contributed by atoms with Gasteiger partial charge in [-0.15, -0.1) is 0 Å². The number of aromatic hydroxyl groups is 1. The smallest absolute Gasteiger partial charge is 0.305 e. The van der Waals surface area contributed by atoms with Gasteiger partial charge in [0.05, 0.1) is 54.9 Å². The molecule has 0 saturated carbocycles. The largest absolute Gasteiger partial charge is 0.506 e. The standard InChI is InChI=1S/C25H30Br2N6O9/c1-41-2-3-42-12-33-11-13(4-19(24(33)40)32-25-29-8-15(34)9-30-25)23(39)28-10-20(35)31-18(7-21(36)37)16-5-14(26)6-17(27)22(16)38/h4-6,11,15,18,34,38H,2-3,7-10,12H2,1H3,(H,28,39)(H,31,35)(H,36,37)(H2,29,30,32). The Morgan fingerprint density at radius 1 is 1.24 bits per heavy atom. The van der Waals surface area contributed by atoms with E-state index in [-0.39, 0.29) is 61.6 Å². The maximum Gasteiger partial charge on any atom is 0.305 e. The Hall–Kier alpha value is -3.51. The monoisotopic (exact) mass is 716 g/mol. The number of ether oxygens (including phenoxy) is 2. The van der Waals surface area contributed by atoms with Gasteiger partial charge in [-0.3, -0.25) is 28.7 Å². The van der Waals surface area contributed by atoms with E-state index >= 15 is 0 Å². The Labute approximate surface area is 256 Å². The highest BCUT2D eigenvalue weighted by Gasteiger charge is 2.24. The van der Waals surface area contributed by atoms with Crippen LogP contribution in [-0.2, 0) is 25.8 Å². The van der Waals surface area contributed by atoms with Gasteiger partial charge in [0, 0.05) is 29.9 Å². The van der Waals surface area contributed by atoms with Gasteiger partial charge in [0.1, 0.15) is 18.2 Å². The number of pyridine rings is 1. The summed E-state index contributed by atoms with van der Waals surface area (Å²) in [5.74, 6) is -2.67. The number of β-amino-alcohol motifs (C(OH)–C–C–N with tert-alkyl or cyclic N) is 1. The number of methoxy groups -OCH3 is 1. The topological polar surface area (TPSA) is 213 Å². The summed E-state index contributed by atoms with van der Waals surface area (Å²) in [4.78, 5) is 54.4. The molecule has 2 heterocycles. The van der Waals surface area contributed by atoms with E-state index in [0.29, 0.717) is 8.95 Å². The molecule has 2 aromatic rings. The van der Waals surface area contributed by atoms with Crippen LogP contribution in [0, 0.1) is 0 Å². The van der Waals surface area contributed by atoms with Gasteiger partial charge >= 0.3 is 5.97 Å². The van der Waals surface area contributed by atoms with Crippen molar-refractivity contribution < 1.29 is 39.2 Å². The Balaban J connectivity index is 1.76. The number of guanidine groups is 1. The molecule has 1 aliphatic rings. The number of aliphatic imine (C=N–C) groups is 1. The highest BCUT2D eigenvalue weighted by atomic mass is 79.9. The van der Waals surface area contributed by atoms with Crippen LogP contribution in [0.2, 0.25) is 0 Å². The number of carbonyl (C=O) groups excluding carboxylic acids is 2. The number of carboxylic acids is 1. The number of nitrogens with one attached hydrogen (secondary N) is 4. The molecule has 2 atom stereocenters. The van der Waals surface area contributed by atoms with E-state index in [1.165, 1.54) is 25.4 Å². The number of aromatic nitrogens is 1. The molecule has 1 aromatic carbocycles. The molecule has 2 unspecified atom stereocenters. The number of carboxylic acid groups (broad SMARTS) is 1. The Bertz CT molecular complexity index is 1400. The average molecular weight is 718 g/mol. The van der Waals surface area contributed by atoms with Crippen molar-refractivity contribution in [3.63, 3.8) is 0 Å². The predicted octanol–water partition coefficient (Wildman–Crippen LogP) is 0.493. The quantitative estimate of drug-likeness (QED) is 0.142. The van der Waals surface area contributed by atoms with Crippen LogP contribution in [-0.4, -0.2) is 89.7 Å². The number of aliphatic hydroxyl groups excluding tert-OH is 1. The van der Waals surface area contributed by atoms with Crippen molar-refractivity contribution in [1.29, 1.82) is 0 Å². The molecule has 15 nitrogen and oxygen atoms in total. The van der Waals surface area contributed by atoms with Crippen LogP contribution in [0.1, 0.15) is 28.4 Å². The van der Waals surface area contributed by atoms with Crippen molar-refractivity contribution in [2.75, 3.05) is 45.3 Å². The highest BCUT2D eigenvalue weighted by molar-refractivity contribution is 9.11. The summed E-state index contributed by atoms with van der Waals surface area (Å²) in [7, 11) is 1.50. The summed E-state index contributed by atoms with van der Waals surface area (Å²) in [5.41, 5.74) is -0.371. The number of nitrogens with zero attached hydrogens (tertiary/aromatic N) is 2. The molecule has 228 valence electrons. The number of halogens is 2. The third-order valence-electron chi connectivity index (χ3n) is 5.79. The maximum absolute atomic E-state index is 13.0. The van der Waals surface area contributed by atoms with Gasteiger partial charge in [0.25, 0.3) is 11.5 Å². The van der Waals surface area contributed by atoms with Crippen molar-refractivity contribution in [2.24, 2.45) is 4.99 Å². The number of carbonyl (C=O) groups is 3. The number of phenols is 1. The van der Waals surface area contributed by atoms with Gasteiger partial charge in [-0.1, -0.05) is 15.9 Å². The molecule has 0 radical (unpaired) electrons. The number of benzene rings is 1. The molecule has 2 amide bonds. The number of anilines is 1. The summed E-state index contributed by atoms with van der Waals surface area (Å²) >= 11 is 6.46. The summed E-state index contributed by atoms with van der Waals surface area (Å²) in [6.45, 7) is 0.0815. The summed E-state index contributed by atoms with van der Waals surface area (Å²) in [6, 6.07) is 3.21. The van der Waals surface area contributed by atoms with E-state index in [1.807, 2.05) is 0 Å². The van der Waals surface area contributed by atoms with Crippen molar-refractivity contribution in [3.8, 4) is 5.75 Å². The third-order valence-corrected chi connectivity index (χ3v) is 6.85. The van der Waals surface area contributed by atoms with Crippen molar-refractivity contribution >= 4 is 61.3 Å². The SMILES string of the molecule is COCCOCn1cc(C(=O)NCC(=O)NC(CC(=O)O)c2cc(Br)cc(Br)c2O)cc(NC2=NCC(O)CN2)c1=O. The van der Waals surface area contributed by atoms with Gasteiger partial charge in [-0.25, -0.2) is 0 Å². The molecule has 0 fully saturated rings. The molecule has 42 heavy (non-hydrogen) atoms. The number of hydrogen-bond donors (Lipinski definition) is 7. The molecule has 0 bridgehead atoms. The molecular weight excluding hydrogens is 688 g/mol. The lowest BCUT2D eigenvalue weighted by Crippen LogP contribution is -2.43. The minimum atomic E-state index is -1.22. The van der Waals surface area contributed by atoms with E-state index in [2.05, 4.69) is 58.1 Å². The summed E-state index contributed by atoms with van der Waals surface area (Å²) in [5, 5.41) is 40.0. The second-order valence-corrected chi connectivity index (χ2v) is 10.8. The maximum atomic E-state index is 13.0. The first-order valence-electron chi connectivity index (χ1n) is 12.5. The van der Waals surface area contributed by atoms with Crippen LogP contribution in [0.5, 0.6) is 5.75 Å². The first-order valence-corrected chi connectivity index (χ1v) is 14.1. The van der Waals surface area contributed by atoms with Crippen LogP contribution in [0.3, 0.4) is 0 Å². The van der Waals surface area contributed by atoms with Crippen molar-refractivity contribution in [3.05, 3.63) is 54.8 Å². The molecule has 3 rings (SSSR count). The number of hydrogen-bond acceptors (Lipinski definition) is 11.